The fraction of sp³-hybridized carbons (Fsp3) is 0.765. The fourth-order valence-corrected chi connectivity index (χ4v) is 15.3. The maximum absolute atomic E-state index is 13.3. The highest BCUT2D eigenvalue weighted by Crippen LogP contribution is 2.81. The minimum Gasteiger partial charge on any atom is -0.508 e. The van der Waals surface area contributed by atoms with Gasteiger partial charge in [-0.15, -0.1) is 0 Å². The van der Waals surface area contributed by atoms with Crippen molar-refractivity contribution in [1.29, 1.82) is 0 Å². The van der Waals surface area contributed by atoms with Crippen molar-refractivity contribution < 1.29 is 24.5 Å². The van der Waals surface area contributed by atoms with Crippen LogP contribution in [0.4, 0.5) is 5.69 Å². The predicted octanol–water partition coefficient (Wildman–Crippen LogP) is 11.3. The van der Waals surface area contributed by atoms with Gasteiger partial charge in [-0.05, 0) is 181 Å². The van der Waals surface area contributed by atoms with Crippen LogP contribution in [0.2, 0.25) is 0 Å². The first-order valence-electron chi connectivity index (χ1n) is 23.2. The number of fused-ring (bicyclic) bond motifs is 7. The number of benzene rings is 1. The number of hydrogen-bond donors (Lipinski definition) is 2. The Hall–Kier alpha value is -3.00. The van der Waals surface area contributed by atoms with E-state index < -0.39 is 11.4 Å². The third-order valence-electron chi connectivity index (χ3n) is 18.7. The first-order valence-corrected chi connectivity index (χ1v) is 23.2. The number of anilines is 1. The number of aromatic hydroxyl groups is 1. The summed E-state index contributed by atoms with van der Waals surface area (Å²) in [7, 11) is 4.33. The van der Waals surface area contributed by atoms with Crippen LogP contribution in [0.5, 0.6) is 5.75 Å². The molecule has 4 saturated carbocycles. The van der Waals surface area contributed by atoms with Crippen molar-refractivity contribution in [2.45, 2.75) is 165 Å². The quantitative estimate of drug-likeness (QED) is 0.169. The number of carboxylic acids is 1. The van der Waals surface area contributed by atoms with Gasteiger partial charge in [0.2, 0.25) is 0 Å². The van der Waals surface area contributed by atoms with Gasteiger partial charge in [0.25, 0.3) is 0 Å². The van der Waals surface area contributed by atoms with E-state index in [1.54, 1.807) is 19.4 Å². The van der Waals surface area contributed by atoms with Crippen molar-refractivity contribution in [2.24, 2.45) is 55.7 Å². The number of nitrogens with zero attached hydrogens (tertiary/aromatic N) is 3. The molecule has 0 bridgehead atoms. The molecule has 1 heterocycles. The summed E-state index contributed by atoms with van der Waals surface area (Å²) in [6.45, 7) is 27.8. The van der Waals surface area contributed by atoms with Gasteiger partial charge in [0.15, 0.2) is 0 Å². The van der Waals surface area contributed by atoms with E-state index in [-0.39, 0.29) is 57.0 Å². The number of ether oxygens (including phenoxy) is 1. The number of phenols is 1. The van der Waals surface area contributed by atoms with E-state index in [1.165, 1.54) is 50.6 Å². The highest BCUT2D eigenvalue weighted by Gasteiger charge is 2.73. The number of hydrazine groups is 1. The summed E-state index contributed by atoms with van der Waals surface area (Å²) >= 11 is 0. The summed E-state index contributed by atoms with van der Waals surface area (Å²) in [6, 6.07) is 7.98. The molecule has 9 unspecified atom stereocenters. The Morgan fingerprint density at radius 2 is 1.58 bits per heavy atom. The number of allylic oxidation sites excluding steroid dienone is 3. The molecular weight excluding hydrogens is 735 g/mol. The zero-order chi connectivity index (χ0) is 43.3. The molecule has 0 aromatic heterocycles. The first-order chi connectivity index (χ1) is 27.4. The lowest BCUT2D eigenvalue weighted by atomic mass is 9.30. The normalized spacial score (nSPS) is 37.8. The topological polar surface area (TPSA) is 93.6 Å². The third-order valence-corrected chi connectivity index (χ3v) is 18.7. The predicted molar refractivity (Wildman–Crippen MR) is 238 cm³/mol. The molecule has 8 heteroatoms. The number of carbonyl (C=O) groups is 2. The molecular formula is C51H79N3O5. The van der Waals surface area contributed by atoms with Crippen LogP contribution >= 0.6 is 0 Å². The molecule has 4 fully saturated rings. The van der Waals surface area contributed by atoms with Crippen LogP contribution in [0.15, 0.2) is 47.2 Å². The van der Waals surface area contributed by atoms with Gasteiger partial charge in [-0.25, -0.2) is 0 Å². The molecule has 0 spiro atoms. The van der Waals surface area contributed by atoms with Crippen molar-refractivity contribution in [1.82, 2.24) is 9.91 Å². The van der Waals surface area contributed by atoms with Crippen LogP contribution < -0.4 is 5.01 Å². The lowest BCUT2D eigenvalue weighted by molar-refractivity contribution is -0.249. The number of rotatable bonds is 11. The summed E-state index contributed by atoms with van der Waals surface area (Å²) in [5.41, 5.74) is 5.54. The fourth-order valence-electron chi connectivity index (χ4n) is 15.3. The molecule has 1 aromatic rings. The van der Waals surface area contributed by atoms with E-state index in [9.17, 15) is 19.8 Å². The summed E-state index contributed by atoms with van der Waals surface area (Å²) in [4.78, 5) is 27.4. The molecule has 9 atom stereocenters. The third kappa shape index (κ3) is 6.78. The summed E-state index contributed by atoms with van der Waals surface area (Å²) in [5.74, 6) is 0.501. The van der Waals surface area contributed by atoms with Crippen LogP contribution in [0.25, 0.3) is 0 Å². The number of likely N-dealkylation sites (N-methyl/N-ethyl adjacent to an activating group) is 1. The van der Waals surface area contributed by atoms with E-state index in [1.807, 2.05) is 17.7 Å². The van der Waals surface area contributed by atoms with E-state index >= 15 is 0 Å². The highest BCUT2D eigenvalue weighted by atomic mass is 16.5. The monoisotopic (exact) mass is 814 g/mol. The second kappa shape index (κ2) is 14.8. The molecule has 0 amide bonds. The molecule has 59 heavy (non-hydrogen) atoms. The van der Waals surface area contributed by atoms with E-state index in [0.29, 0.717) is 23.5 Å². The van der Waals surface area contributed by atoms with Crippen molar-refractivity contribution >= 4 is 17.6 Å². The second-order valence-corrected chi connectivity index (χ2v) is 23.2. The molecule has 7 rings (SSSR count). The molecule has 328 valence electrons. The van der Waals surface area contributed by atoms with E-state index in [0.717, 1.165) is 44.5 Å². The van der Waals surface area contributed by atoms with Gasteiger partial charge < -0.3 is 19.8 Å². The molecule has 0 saturated heterocycles. The Kier molecular flexibility index (Phi) is 11.1. The largest absolute Gasteiger partial charge is 0.508 e. The Labute approximate surface area is 357 Å². The van der Waals surface area contributed by atoms with Crippen molar-refractivity contribution in [3.63, 3.8) is 0 Å². The number of hydrogen-bond acceptors (Lipinski definition) is 7. The molecule has 6 aliphatic rings. The van der Waals surface area contributed by atoms with Crippen LogP contribution in [0, 0.1) is 55.7 Å². The van der Waals surface area contributed by atoms with Crippen LogP contribution in [-0.4, -0.2) is 71.4 Å². The van der Waals surface area contributed by atoms with Gasteiger partial charge in [0.1, 0.15) is 11.9 Å². The number of esters is 1. The van der Waals surface area contributed by atoms with Gasteiger partial charge in [-0.1, -0.05) is 66.5 Å². The highest BCUT2D eigenvalue weighted by molar-refractivity contribution is 5.81. The summed E-state index contributed by atoms with van der Waals surface area (Å²) < 4.78 is 6.26. The number of carbonyl (C=O) groups excluding carboxylic acids is 1. The second-order valence-electron chi connectivity index (χ2n) is 23.2. The van der Waals surface area contributed by atoms with Gasteiger partial charge >= 0.3 is 11.9 Å². The van der Waals surface area contributed by atoms with E-state index in [4.69, 9.17) is 4.74 Å². The zero-order valence-corrected chi connectivity index (χ0v) is 39.1. The number of phenolic OH excluding ortho intramolecular Hbond substituents is 1. The summed E-state index contributed by atoms with van der Waals surface area (Å²) in [5, 5.41) is 24.9. The van der Waals surface area contributed by atoms with Gasteiger partial charge in [-0.2, -0.15) is 0 Å². The van der Waals surface area contributed by atoms with Crippen LogP contribution in [-0.2, 0) is 14.3 Å². The molecule has 5 aliphatic carbocycles. The van der Waals surface area contributed by atoms with E-state index in [2.05, 4.69) is 110 Å². The van der Waals surface area contributed by atoms with Crippen LogP contribution in [0.3, 0.4) is 0 Å². The molecule has 0 radical (unpaired) electrons. The Bertz CT molecular complexity index is 1860. The minimum absolute atomic E-state index is 0.102. The van der Waals surface area contributed by atoms with Gasteiger partial charge in [-0.3, -0.25) is 19.6 Å². The number of carboxylic acid groups (broad SMARTS) is 1. The minimum atomic E-state index is -1.14. The molecule has 1 aliphatic heterocycles. The Morgan fingerprint density at radius 1 is 0.915 bits per heavy atom. The molecule has 1 aromatic carbocycles. The number of aliphatic carboxylic acids is 1. The maximum Gasteiger partial charge on any atom is 0.309 e. The average molecular weight is 814 g/mol. The van der Waals surface area contributed by atoms with Crippen LogP contribution in [0.1, 0.15) is 153 Å². The summed E-state index contributed by atoms with van der Waals surface area (Å²) in [6.07, 6.45) is 14.9. The lowest BCUT2D eigenvalue weighted by Crippen LogP contribution is -2.68. The van der Waals surface area contributed by atoms with Crippen molar-refractivity contribution in [3.05, 3.63) is 47.2 Å². The average Bonchev–Trinajstić information content (AvgIpc) is 3.67. The van der Waals surface area contributed by atoms with Gasteiger partial charge in [0, 0.05) is 17.7 Å². The zero-order valence-electron chi connectivity index (χ0n) is 39.1. The first kappa shape index (κ1) is 44.1. The maximum atomic E-state index is 13.3. The SMILES string of the molecule is CC(C)C1=C2C(CC3=CC(C)N(c4ccc(O)cc4)N3CCN(C)C)(CC1)CCC1(C)C2(C)CCC2C3(C)CCC(OC(=O)CC(C)(C)C(=O)O)C(C)(C)C3CCC21C. The smallest absolute Gasteiger partial charge is 0.309 e. The molecule has 2 N–H and O–H groups in total. The Balaban J connectivity index is 1.19. The van der Waals surface area contributed by atoms with Crippen molar-refractivity contribution in [3.8, 4) is 5.75 Å². The lowest BCUT2D eigenvalue weighted by Gasteiger charge is -2.75. The standard InChI is InChI=1S/C51H79N3O5/c1-33(2)38-18-25-51(31-36-30-34(3)54(53(36)29-28-52(12)13)35-14-16-37(55)17-15-35)27-26-50(11)48(9)23-19-39-46(6,7)41(59-42(56)32-45(4,5)44(57)58)21-22-47(39,8)40(48)20-24-49(50,10)43(38)51/h14-17,30,33-34,39-41,55H,18-29,31-32H2,1-13H3,(H,57,58). The van der Waals surface area contributed by atoms with Crippen molar-refractivity contribution in [2.75, 3.05) is 32.2 Å². The van der Waals surface area contributed by atoms with Gasteiger partial charge in [0.05, 0.1) is 30.1 Å². The Morgan fingerprint density at radius 3 is 2.20 bits per heavy atom. The molecule has 8 nitrogen and oxygen atoms in total.